The molecule has 0 radical (unpaired) electrons. The minimum absolute atomic E-state index is 0.00483. The molecule has 0 amide bonds. The van der Waals surface area contributed by atoms with Crippen LogP contribution in [0.1, 0.15) is 17.5 Å². The van der Waals surface area contributed by atoms with Gasteiger partial charge in [0.1, 0.15) is 16.6 Å². The average Bonchev–Trinajstić information content (AvgIpc) is 3.34. The monoisotopic (exact) mass is 485 g/mol. The molecule has 0 atom stereocenters. The molecule has 0 unspecified atom stereocenters. The van der Waals surface area contributed by atoms with Crippen molar-refractivity contribution in [3.8, 4) is 17.3 Å². The lowest BCUT2D eigenvalue weighted by Gasteiger charge is -2.30. The van der Waals surface area contributed by atoms with Gasteiger partial charge in [-0.1, -0.05) is 11.3 Å². The van der Waals surface area contributed by atoms with Gasteiger partial charge in [0, 0.05) is 79.9 Å². The van der Waals surface area contributed by atoms with Gasteiger partial charge in [-0.3, -0.25) is 9.78 Å². The van der Waals surface area contributed by atoms with E-state index in [4.69, 9.17) is 4.98 Å². The highest BCUT2D eigenvalue weighted by molar-refractivity contribution is 7.16. The Morgan fingerprint density at radius 1 is 1.20 bits per heavy atom. The summed E-state index contributed by atoms with van der Waals surface area (Å²) in [6.07, 6.45) is 3.65. The molecule has 4 heterocycles. The number of thiazole rings is 1. The molecule has 4 aromatic rings. The van der Waals surface area contributed by atoms with Crippen LogP contribution >= 0.6 is 11.3 Å². The van der Waals surface area contributed by atoms with Crippen LogP contribution in [0.2, 0.25) is 0 Å². The number of nitriles is 1. The predicted octanol–water partition coefficient (Wildman–Crippen LogP) is 3.90. The summed E-state index contributed by atoms with van der Waals surface area (Å²) in [5, 5.41) is 15.4. The molecule has 9 heteroatoms. The summed E-state index contributed by atoms with van der Waals surface area (Å²) in [4.78, 5) is 27.2. The number of piperazine rings is 1. The van der Waals surface area contributed by atoms with Gasteiger partial charge in [-0.05, 0) is 44.2 Å². The van der Waals surface area contributed by atoms with Gasteiger partial charge in [0.05, 0.1) is 5.69 Å². The van der Waals surface area contributed by atoms with E-state index < -0.39 is 0 Å². The Balaban J connectivity index is 1.64. The second-order valence-electron chi connectivity index (χ2n) is 8.61. The Bertz CT molecular complexity index is 1480. The smallest absolute Gasteiger partial charge is 0.258 e. The van der Waals surface area contributed by atoms with Gasteiger partial charge in [-0.15, -0.1) is 0 Å². The van der Waals surface area contributed by atoms with E-state index in [0.29, 0.717) is 27.6 Å². The van der Waals surface area contributed by atoms with Gasteiger partial charge >= 0.3 is 0 Å². The van der Waals surface area contributed by atoms with Crippen LogP contribution in [0.25, 0.3) is 22.0 Å². The van der Waals surface area contributed by atoms with Gasteiger partial charge in [-0.25, -0.2) is 4.98 Å². The van der Waals surface area contributed by atoms with Gasteiger partial charge in [0.25, 0.3) is 5.56 Å². The van der Waals surface area contributed by atoms with Crippen molar-refractivity contribution >= 4 is 38.6 Å². The first-order valence-electron chi connectivity index (χ1n) is 11.7. The summed E-state index contributed by atoms with van der Waals surface area (Å²) in [5.74, 6) is 0. The minimum atomic E-state index is -0.00483. The van der Waals surface area contributed by atoms with E-state index >= 15 is 0 Å². The molecule has 1 aliphatic rings. The largest absolute Gasteiger partial charge is 0.369 e. The normalized spacial score (nSPS) is 13.7. The molecule has 1 aromatic carbocycles. The first-order chi connectivity index (χ1) is 17.0. The Morgan fingerprint density at radius 2 is 2.00 bits per heavy atom. The molecule has 35 heavy (non-hydrogen) atoms. The molecule has 1 N–H and O–H groups in total. The van der Waals surface area contributed by atoms with Crippen molar-refractivity contribution in [1.82, 2.24) is 19.9 Å². The van der Waals surface area contributed by atoms with Crippen molar-refractivity contribution in [2.24, 2.45) is 0 Å². The van der Waals surface area contributed by atoms with Crippen molar-refractivity contribution < 1.29 is 0 Å². The lowest BCUT2D eigenvalue weighted by molar-refractivity contribution is 0.589. The standard InChI is InChI=1S/C26H27N7OS/c1-4-32-16-22(21-13-19(7-8-20(21)25(32)34)33-11-9-28-10-12-33)31(3)26-30-24(23(14-27)35-26)18-6-5-17(2)29-15-18/h5-8,13,15-16,28H,4,9-12H2,1-3H3. The van der Waals surface area contributed by atoms with E-state index in [0.717, 1.165) is 54.2 Å². The molecule has 0 aliphatic carbocycles. The van der Waals surface area contributed by atoms with Crippen LogP contribution in [-0.2, 0) is 6.54 Å². The van der Waals surface area contributed by atoms with Gasteiger partial charge < -0.3 is 19.7 Å². The van der Waals surface area contributed by atoms with Crippen molar-refractivity contribution in [1.29, 1.82) is 5.26 Å². The van der Waals surface area contributed by atoms with Crippen molar-refractivity contribution in [2.75, 3.05) is 43.0 Å². The van der Waals surface area contributed by atoms with Crippen LogP contribution in [0.5, 0.6) is 0 Å². The second-order valence-corrected chi connectivity index (χ2v) is 9.58. The number of anilines is 3. The quantitative estimate of drug-likeness (QED) is 0.459. The zero-order valence-corrected chi connectivity index (χ0v) is 20.9. The van der Waals surface area contributed by atoms with Crippen molar-refractivity contribution in [3.05, 3.63) is 63.7 Å². The number of rotatable bonds is 5. The summed E-state index contributed by atoms with van der Waals surface area (Å²) in [5.41, 5.74) is 4.33. The molecule has 178 valence electrons. The van der Waals surface area contributed by atoms with E-state index in [1.54, 1.807) is 10.8 Å². The molecular weight excluding hydrogens is 458 g/mol. The van der Waals surface area contributed by atoms with E-state index in [1.165, 1.54) is 11.3 Å². The highest BCUT2D eigenvalue weighted by Crippen LogP contribution is 2.37. The third-order valence-corrected chi connectivity index (χ3v) is 7.46. The second kappa shape index (κ2) is 9.49. The van der Waals surface area contributed by atoms with Crippen LogP contribution in [0.3, 0.4) is 0 Å². The number of hydrogen-bond donors (Lipinski definition) is 1. The SMILES string of the molecule is CCn1cc(N(C)c2nc(-c3ccc(C)nc3)c(C#N)s2)c2cc(N3CCNCC3)ccc2c1=O. The Labute approximate surface area is 208 Å². The average molecular weight is 486 g/mol. The number of benzene rings is 1. The highest BCUT2D eigenvalue weighted by atomic mass is 32.1. The fourth-order valence-electron chi connectivity index (χ4n) is 4.42. The predicted molar refractivity (Wildman–Crippen MR) is 142 cm³/mol. The fraction of sp³-hybridized carbons (Fsp3) is 0.308. The molecular formula is C26H27N7OS. The topological polar surface area (TPSA) is 90.1 Å². The van der Waals surface area contributed by atoms with Gasteiger partial charge in [0.2, 0.25) is 0 Å². The first kappa shape index (κ1) is 23.0. The number of aromatic nitrogens is 3. The number of pyridine rings is 2. The molecule has 3 aromatic heterocycles. The lowest BCUT2D eigenvalue weighted by atomic mass is 10.1. The number of hydrogen-bond acceptors (Lipinski definition) is 8. The van der Waals surface area contributed by atoms with E-state index in [1.807, 2.05) is 56.3 Å². The number of nitrogens with one attached hydrogen (secondary N) is 1. The maximum absolute atomic E-state index is 13.1. The van der Waals surface area contributed by atoms with Gasteiger partial charge in [0.15, 0.2) is 5.13 Å². The maximum atomic E-state index is 13.1. The number of nitrogens with zero attached hydrogens (tertiary/aromatic N) is 6. The highest BCUT2D eigenvalue weighted by Gasteiger charge is 2.21. The summed E-state index contributed by atoms with van der Waals surface area (Å²) in [7, 11) is 1.94. The summed E-state index contributed by atoms with van der Waals surface area (Å²) < 4.78 is 1.72. The van der Waals surface area contributed by atoms with Crippen LogP contribution in [0.4, 0.5) is 16.5 Å². The molecule has 5 rings (SSSR count). The number of aryl methyl sites for hydroxylation is 2. The summed E-state index contributed by atoms with van der Waals surface area (Å²) >= 11 is 1.34. The zero-order chi connectivity index (χ0) is 24.5. The van der Waals surface area contributed by atoms with Gasteiger partial charge in [-0.2, -0.15) is 5.26 Å². The molecule has 0 bridgehead atoms. The lowest BCUT2D eigenvalue weighted by Crippen LogP contribution is -2.43. The van der Waals surface area contributed by atoms with Crippen LogP contribution < -0.4 is 20.7 Å². The molecule has 1 saturated heterocycles. The van der Waals surface area contributed by atoms with E-state index in [-0.39, 0.29) is 5.56 Å². The Hall–Kier alpha value is -3.74. The van der Waals surface area contributed by atoms with Crippen LogP contribution in [0, 0.1) is 18.3 Å². The van der Waals surface area contributed by atoms with Crippen molar-refractivity contribution in [2.45, 2.75) is 20.4 Å². The molecule has 8 nitrogen and oxygen atoms in total. The summed E-state index contributed by atoms with van der Waals surface area (Å²) in [6.45, 7) is 8.19. The fourth-order valence-corrected chi connectivity index (χ4v) is 5.28. The molecule has 0 saturated carbocycles. The minimum Gasteiger partial charge on any atom is -0.369 e. The molecule has 1 fully saturated rings. The maximum Gasteiger partial charge on any atom is 0.258 e. The number of fused-ring (bicyclic) bond motifs is 1. The van der Waals surface area contributed by atoms with E-state index in [2.05, 4.69) is 27.3 Å². The zero-order valence-electron chi connectivity index (χ0n) is 20.1. The van der Waals surface area contributed by atoms with Crippen LogP contribution in [0.15, 0.2) is 47.5 Å². The Morgan fingerprint density at radius 3 is 2.69 bits per heavy atom. The van der Waals surface area contributed by atoms with E-state index in [9.17, 15) is 10.1 Å². The molecule has 0 spiro atoms. The third-order valence-electron chi connectivity index (χ3n) is 6.42. The van der Waals surface area contributed by atoms with Crippen LogP contribution in [-0.4, -0.2) is 47.8 Å². The summed E-state index contributed by atoms with van der Waals surface area (Å²) in [6, 6.07) is 12.2. The molecule has 1 aliphatic heterocycles. The third kappa shape index (κ3) is 4.27. The van der Waals surface area contributed by atoms with Crippen molar-refractivity contribution in [3.63, 3.8) is 0 Å². The first-order valence-corrected chi connectivity index (χ1v) is 12.5. The Kier molecular flexibility index (Phi) is 6.24.